The van der Waals surface area contributed by atoms with Gasteiger partial charge in [0.05, 0.1) is 5.69 Å². The Balaban J connectivity index is 1.86. The lowest BCUT2D eigenvalue weighted by Crippen LogP contribution is -1.94. The average Bonchev–Trinajstić information content (AvgIpc) is 2.57. The van der Waals surface area contributed by atoms with Crippen LogP contribution < -0.4 is 14.8 Å². The number of benzene rings is 3. The molecule has 0 heterocycles. The number of nitrogens with one attached hydrogen (secondary N) is 1. The van der Waals surface area contributed by atoms with Gasteiger partial charge in [0.1, 0.15) is 17.2 Å². The van der Waals surface area contributed by atoms with E-state index in [-0.39, 0.29) is 0 Å². The van der Waals surface area contributed by atoms with Crippen LogP contribution in [-0.4, -0.2) is 7.05 Å². The molecule has 110 valence electrons. The predicted octanol–water partition coefficient (Wildman–Crippen LogP) is 5.31. The summed E-state index contributed by atoms with van der Waals surface area (Å²) in [6.45, 7) is 0. The van der Waals surface area contributed by atoms with Gasteiger partial charge in [0.25, 0.3) is 0 Å². The Kier molecular flexibility index (Phi) is 4.25. The first kappa shape index (κ1) is 14.0. The summed E-state index contributed by atoms with van der Waals surface area (Å²) >= 11 is 0. The largest absolute Gasteiger partial charge is 0.457 e. The second-order valence-corrected chi connectivity index (χ2v) is 4.74. The highest BCUT2D eigenvalue weighted by Crippen LogP contribution is 2.34. The summed E-state index contributed by atoms with van der Waals surface area (Å²) in [5.41, 5.74) is 0.907. The molecule has 0 spiro atoms. The third kappa shape index (κ3) is 3.38. The molecule has 0 aliphatic rings. The van der Waals surface area contributed by atoms with Gasteiger partial charge in [0, 0.05) is 13.1 Å². The van der Waals surface area contributed by atoms with Crippen molar-refractivity contribution in [1.29, 1.82) is 0 Å². The maximum atomic E-state index is 5.94. The number of anilines is 1. The van der Waals surface area contributed by atoms with Crippen molar-refractivity contribution < 1.29 is 9.47 Å². The molecule has 0 aliphatic carbocycles. The van der Waals surface area contributed by atoms with E-state index >= 15 is 0 Å². The van der Waals surface area contributed by atoms with E-state index in [9.17, 15) is 0 Å². The fourth-order valence-electron chi connectivity index (χ4n) is 2.10. The molecular formula is C19H17NO2. The SMILES string of the molecule is CNc1ccc(Oc2ccccc2)cc1Oc1ccccc1. The smallest absolute Gasteiger partial charge is 0.154 e. The van der Waals surface area contributed by atoms with Crippen molar-refractivity contribution in [1.82, 2.24) is 0 Å². The summed E-state index contributed by atoms with van der Waals surface area (Å²) in [7, 11) is 1.87. The first-order valence-corrected chi connectivity index (χ1v) is 7.13. The molecule has 0 saturated heterocycles. The maximum absolute atomic E-state index is 5.94. The molecule has 0 aromatic heterocycles. The molecule has 3 rings (SSSR count). The molecular weight excluding hydrogens is 274 g/mol. The predicted molar refractivity (Wildman–Crippen MR) is 89.0 cm³/mol. The molecule has 22 heavy (non-hydrogen) atoms. The maximum Gasteiger partial charge on any atom is 0.154 e. The zero-order valence-electron chi connectivity index (χ0n) is 12.3. The van der Waals surface area contributed by atoms with Gasteiger partial charge in [-0.3, -0.25) is 0 Å². The van der Waals surface area contributed by atoms with E-state index in [1.807, 2.05) is 85.9 Å². The second kappa shape index (κ2) is 6.68. The number of rotatable bonds is 5. The first-order chi connectivity index (χ1) is 10.8. The van der Waals surface area contributed by atoms with Crippen LogP contribution in [0.25, 0.3) is 0 Å². The summed E-state index contributed by atoms with van der Waals surface area (Å²) in [5.74, 6) is 3.04. The summed E-state index contributed by atoms with van der Waals surface area (Å²) in [6.07, 6.45) is 0. The van der Waals surface area contributed by atoms with Gasteiger partial charge in [0.15, 0.2) is 5.75 Å². The standard InChI is InChI=1S/C19H17NO2/c1-20-18-13-12-17(21-15-8-4-2-5-9-15)14-19(18)22-16-10-6-3-7-11-16/h2-14,20H,1H3. The molecule has 0 unspecified atom stereocenters. The van der Waals surface area contributed by atoms with Crippen LogP contribution in [0.2, 0.25) is 0 Å². The zero-order valence-corrected chi connectivity index (χ0v) is 12.3. The molecule has 3 heteroatoms. The topological polar surface area (TPSA) is 30.5 Å². The Labute approximate surface area is 130 Å². The molecule has 0 aliphatic heterocycles. The molecule has 0 fully saturated rings. The molecule has 1 N–H and O–H groups in total. The Morgan fingerprint density at radius 1 is 0.636 bits per heavy atom. The molecule has 0 atom stereocenters. The lowest BCUT2D eigenvalue weighted by atomic mass is 10.2. The third-order valence-corrected chi connectivity index (χ3v) is 3.17. The molecule has 0 radical (unpaired) electrons. The van der Waals surface area contributed by atoms with Crippen molar-refractivity contribution in [3.8, 4) is 23.0 Å². The highest BCUT2D eigenvalue weighted by atomic mass is 16.5. The van der Waals surface area contributed by atoms with E-state index in [4.69, 9.17) is 9.47 Å². The van der Waals surface area contributed by atoms with Gasteiger partial charge >= 0.3 is 0 Å². The third-order valence-electron chi connectivity index (χ3n) is 3.17. The van der Waals surface area contributed by atoms with Crippen LogP contribution in [-0.2, 0) is 0 Å². The van der Waals surface area contributed by atoms with Gasteiger partial charge < -0.3 is 14.8 Å². The number of para-hydroxylation sites is 2. The Bertz CT molecular complexity index is 727. The van der Waals surface area contributed by atoms with Crippen LogP contribution in [0, 0.1) is 0 Å². The van der Waals surface area contributed by atoms with E-state index < -0.39 is 0 Å². The van der Waals surface area contributed by atoms with Crippen molar-refractivity contribution >= 4 is 5.69 Å². The van der Waals surface area contributed by atoms with Gasteiger partial charge in [-0.25, -0.2) is 0 Å². The Hall–Kier alpha value is -2.94. The van der Waals surface area contributed by atoms with Gasteiger partial charge in [0.2, 0.25) is 0 Å². The van der Waals surface area contributed by atoms with E-state index in [2.05, 4.69) is 5.32 Å². The molecule has 0 saturated carbocycles. The normalized spacial score (nSPS) is 10.0. The second-order valence-electron chi connectivity index (χ2n) is 4.74. The van der Waals surface area contributed by atoms with Gasteiger partial charge in [-0.05, 0) is 36.4 Å². The summed E-state index contributed by atoms with van der Waals surface area (Å²) in [4.78, 5) is 0. The van der Waals surface area contributed by atoms with Gasteiger partial charge in [-0.2, -0.15) is 0 Å². The van der Waals surface area contributed by atoms with Gasteiger partial charge in [-0.1, -0.05) is 36.4 Å². The Morgan fingerprint density at radius 3 is 1.82 bits per heavy atom. The highest BCUT2D eigenvalue weighted by molar-refractivity contribution is 5.60. The highest BCUT2D eigenvalue weighted by Gasteiger charge is 2.07. The van der Waals surface area contributed by atoms with Crippen LogP contribution in [0.3, 0.4) is 0 Å². The van der Waals surface area contributed by atoms with Crippen LogP contribution in [0.1, 0.15) is 0 Å². The number of ether oxygens (including phenoxy) is 2. The fourth-order valence-corrected chi connectivity index (χ4v) is 2.10. The molecule has 0 bridgehead atoms. The molecule has 3 aromatic carbocycles. The number of hydrogen-bond acceptors (Lipinski definition) is 3. The van der Waals surface area contributed by atoms with E-state index in [1.54, 1.807) is 0 Å². The minimum absolute atomic E-state index is 0.724. The van der Waals surface area contributed by atoms with Gasteiger partial charge in [-0.15, -0.1) is 0 Å². The zero-order chi connectivity index (χ0) is 15.2. The summed E-state index contributed by atoms with van der Waals surface area (Å²) < 4.78 is 11.8. The summed E-state index contributed by atoms with van der Waals surface area (Å²) in [5, 5.41) is 3.13. The van der Waals surface area contributed by atoms with Crippen molar-refractivity contribution in [2.24, 2.45) is 0 Å². The quantitative estimate of drug-likeness (QED) is 0.690. The van der Waals surface area contributed by atoms with Crippen molar-refractivity contribution in [3.63, 3.8) is 0 Å². The monoisotopic (exact) mass is 291 g/mol. The molecule has 3 aromatic rings. The fraction of sp³-hybridized carbons (Fsp3) is 0.0526. The summed E-state index contributed by atoms with van der Waals surface area (Å²) in [6, 6.07) is 25.1. The van der Waals surface area contributed by atoms with Crippen LogP contribution in [0.4, 0.5) is 5.69 Å². The van der Waals surface area contributed by atoms with Crippen LogP contribution in [0.15, 0.2) is 78.9 Å². The lowest BCUT2D eigenvalue weighted by molar-refractivity contribution is 0.461. The lowest BCUT2D eigenvalue weighted by Gasteiger charge is -2.13. The first-order valence-electron chi connectivity index (χ1n) is 7.13. The van der Waals surface area contributed by atoms with E-state index in [0.717, 1.165) is 28.7 Å². The molecule has 0 amide bonds. The van der Waals surface area contributed by atoms with Crippen molar-refractivity contribution in [2.75, 3.05) is 12.4 Å². The average molecular weight is 291 g/mol. The van der Waals surface area contributed by atoms with Crippen LogP contribution >= 0.6 is 0 Å². The van der Waals surface area contributed by atoms with E-state index in [0.29, 0.717) is 0 Å². The minimum Gasteiger partial charge on any atom is -0.457 e. The van der Waals surface area contributed by atoms with Crippen molar-refractivity contribution in [3.05, 3.63) is 78.9 Å². The van der Waals surface area contributed by atoms with Crippen molar-refractivity contribution in [2.45, 2.75) is 0 Å². The minimum atomic E-state index is 0.724. The molecule has 3 nitrogen and oxygen atoms in total. The van der Waals surface area contributed by atoms with Crippen LogP contribution in [0.5, 0.6) is 23.0 Å². The van der Waals surface area contributed by atoms with E-state index in [1.165, 1.54) is 0 Å². The Morgan fingerprint density at radius 2 is 1.23 bits per heavy atom. The number of hydrogen-bond donors (Lipinski definition) is 1.